The van der Waals surface area contributed by atoms with Crippen molar-refractivity contribution in [1.29, 1.82) is 0 Å². The van der Waals surface area contributed by atoms with Gasteiger partial charge in [-0.05, 0) is 29.7 Å². The van der Waals surface area contributed by atoms with Crippen molar-refractivity contribution in [3.8, 4) is 11.4 Å². The van der Waals surface area contributed by atoms with Gasteiger partial charge in [0.1, 0.15) is 5.82 Å². The number of hydrogen-bond donors (Lipinski definition) is 1. The SMILES string of the molecule is CC[C@H](OCc1ccccc1)c1ccccc1-c1nc2ccccc2[nH]1. The molecule has 3 heteroatoms. The summed E-state index contributed by atoms with van der Waals surface area (Å²) in [6.45, 7) is 2.76. The van der Waals surface area contributed by atoms with Gasteiger partial charge in [-0.2, -0.15) is 0 Å². The maximum Gasteiger partial charge on any atom is 0.138 e. The minimum atomic E-state index is 0.0274. The van der Waals surface area contributed by atoms with Crippen LogP contribution in [0.3, 0.4) is 0 Å². The molecule has 1 atom stereocenters. The zero-order valence-corrected chi connectivity index (χ0v) is 14.9. The highest BCUT2D eigenvalue weighted by Crippen LogP contribution is 2.32. The molecular weight excluding hydrogens is 320 g/mol. The van der Waals surface area contributed by atoms with Crippen LogP contribution in [0.15, 0.2) is 78.9 Å². The van der Waals surface area contributed by atoms with E-state index in [1.165, 1.54) is 11.1 Å². The summed E-state index contributed by atoms with van der Waals surface area (Å²) in [6, 6.07) is 26.8. The molecule has 4 aromatic rings. The number of imidazole rings is 1. The monoisotopic (exact) mass is 342 g/mol. The molecule has 4 rings (SSSR count). The van der Waals surface area contributed by atoms with E-state index >= 15 is 0 Å². The molecule has 0 aliphatic carbocycles. The number of hydrogen-bond acceptors (Lipinski definition) is 2. The zero-order chi connectivity index (χ0) is 17.8. The normalized spacial score (nSPS) is 12.3. The number of H-pyrrole nitrogens is 1. The Morgan fingerprint density at radius 3 is 2.42 bits per heavy atom. The van der Waals surface area contributed by atoms with Crippen LogP contribution in [0.25, 0.3) is 22.4 Å². The first-order chi connectivity index (χ1) is 12.8. The molecule has 130 valence electrons. The Balaban J connectivity index is 1.65. The molecule has 0 unspecified atom stereocenters. The Kier molecular flexibility index (Phi) is 4.80. The highest BCUT2D eigenvalue weighted by atomic mass is 16.5. The van der Waals surface area contributed by atoms with Crippen molar-refractivity contribution in [2.45, 2.75) is 26.1 Å². The highest BCUT2D eigenvalue weighted by molar-refractivity contribution is 5.79. The van der Waals surface area contributed by atoms with Crippen molar-refractivity contribution in [1.82, 2.24) is 9.97 Å². The summed E-state index contributed by atoms with van der Waals surface area (Å²) in [4.78, 5) is 8.21. The van der Waals surface area contributed by atoms with Gasteiger partial charge in [0.15, 0.2) is 0 Å². The average Bonchev–Trinajstić information content (AvgIpc) is 3.14. The lowest BCUT2D eigenvalue weighted by atomic mass is 10.00. The summed E-state index contributed by atoms with van der Waals surface area (Å²) >= 11 is 0. The second kappa shape index (κ2) is 7.54. The van der Waals surface area contributed by atoms with E-state index < -0.39 is 0 Å². The van der Waals surface area contributed by atoms with Gasteiger partial charge in [0.05, 0.1) is 23.7 Å². The number of nitrogens with zero attached hydrogens (tertiary/aromatic N) is 1. The third kappa shape index (κ3) is 3.39. The smallest absolute Gasteiger partial charge is 0.138 e. The lowest BCUT2D eigenvalue weighted by Crippen LogP contribution is -2.05. The van der Waals surface area contributed by atoms with E-state index in [0.717, 1.165) is 28.8 Å². The molecule has 3 aromatic carbocycles. The van der Waals surface area contributed by atoms with Crippen molar-refractivity contribution in [3.63, 3.8) is 0 Å². The second-order valence-corrected chi connectivity index (χ2v) is 6.38. The number of ether oxygens (including phenoxy) is 1. The Bertz CT molecular complexity index is 958. The highest BCUT2D eigenvalue weighted by Gasteiger charge is 2.17. The molecule has 0 aliphatic rings. The number of fused-ring (bicyclic) bond motifs is 1. The molecule has 0 spiro atoms. The quantitative estimate of drug-likeness (QED) is 0.474. The fraction of sp³-hybridized carbons (Fsp3) is 0.174. The lowest BCUT2D eigenvalue weighted by Gasteiger charge is -2.19. The van der Waals surface area contributed by atoms with Gasteiger partial charge in [0.25, 0.3) is 0 Å². The Morgan fingerprint density at radius 1 is 0.885 bits per heavy atom. The maximum absolute atomic E-state index is 6.26. The summed E-state index contributed by atoms with van der Waals surface area (Å²) in [5.41, 5.74) is 5.49. The van der Waals surface area contributed by atoms with Gasteiger partial charge in [-0.25, -0.2) is 4.98 Å². The first kappa shape index (κ1) is 16.6. The van der Waals surface area contributed by atoms with E-state index in [0.29, 0.717) is 6.61 Å². The largest absolute Gasteiger partial charge is 0.369 e. The van der Waals surface area contributed by atoms with Crippen LogP contribution >= 0.6 is 0 Å². The Morgan fingerprint density at radius 2 is 1.62 bits per heavy atom. The van der Waals surface area contributed by atoms with Gasteiger partial charge in [-0.1, -0.05) is 73.7 Å². The number of rotatable bonds is 6. The van der Waals surface area contributed by atoms with Gasteiger partial charge < -0.3 is 9.72 Å². The molecule has 26 heavy (non-hydrogen) atoms. The standard InChI is InChI=1S/C23H22N2O/c1-2-22(26-16-17-10-4-3-5-11-17)18-12-6-7-13-19(18)23-24-20-14-8-9-15-21(20)25-23/h3-15,22H,2,16H2,1H3,(H,24,25)/t22-/m0/s1. The fourth-order valence-electron chi connectivity index (χ4n) is 3.27. The van der Waals surface area contributed by atoms with Crippen LogP contribution in [-0.4, -0.2) is 9.97 Å². The maximum atomic E-state index is 6.26. The number of aromatic amines is 1. The third-order valence-corrected chi connectivity index (χ3v) is 4.62. The molecule has 0 fully saturated rings. The summed E-state index contributed by atoms with van der Waals surface area (Å²) in [7, 11) is 0. The number of para-hydroxylation sites is 2. The molecule has 3 nitrogen and oxygen atoms in total. The van der Waals surface area contributed by atoms with Crippen molar-refractivity contribution < 1.29 is 4.74 Å². The van der Waals surface area contributed by atoms with Crippen molar-refractivity contribution in [3.05, 3.63) is 90.0 Å². The first-order valence-corrected chi connectivity index (χ1v) is 9.04. The number of nitrogens with one attached hydrogen (secondary N) is 1. The minimum Gasteiger partial charge on any atom is -0.369 e. The predicted octanol–water partition coefficient (Wildman–Crippen LogP) is 5.90. The van der Waals surface area contributed by atoms with Gasteiger partial charge in [-0.15, -0.1) is 0 Å². The summed E-state index contributed by atoms with van der Waals surface area (Å²) in [6.07, 6.45) is 0.934. The topological polar surface area (TPSA) is 37.9 Å². The fourth-order valence-corrected chi connectivity index (χ4v) is 3.27. The number of aromatic nitrogens is 2. The molecule has 0 radical (unpaired) electrons. The van der Waals surface area contributed by atoms with Crippen LogP contribution in [0.2, 0.25) is 0 Å². The Hall–Kier alpha value is -2.91. The van der Waals surface area contributed by atoms with Crippen LogP contribution in [0, 0.1) is 0 Å². The van der Waals surface area contributed by atoms with E-state index in [1.807, 2.05) is 36.4 Å². The molecule has 0 amide bonds. The molecule has 0 saturated carbocycles. The van der Waals surface area contributed by atoms with Gasteiger partial charge in [-0.3, -0.25) is 0 Å². The van der Waals surface area contributed by atoms with Gasteiger partial charge in [0, 0.05) is 5.56 Å². The van der Waals surface area contributed by atoms with E-state index in [1.54, 1.807) is 0 Å². The summed E-state index contributed by atoms with van der Waals surface area (Å²) in [5, 5.41) is 0. The molecule has 0 aliphatic heterocycles. The average molecular weight is 342 g/mol. The second-order valence-electron chi connectivity index (χ2n) is 6.38. The molecule has 0 bridgehead atoms. The first-order valence-electron chi connectivity index (χ1n) is 9.04. The molecule has 1 heterocycles. The van der Waals surface area contributed by atoms with Crippen LogP contribution in [0.1, 0.15) is 30.6 Å². The zero-order valence-electron chi connectivity index (χ0n) is 14.9. The molecule has 1 aromatic heterocycles. The van der Waals surface area contributed by atoms with Gasteiger partial charge >= 0.3 is 0 Å². The van der Waals surface area contributed by atoms with Crippen molar-refractivity contribution >= 4 is 11.0 Å². The van der Waals surface area contributed by atoms with E-state index in [-0.39, 0.29) is 6.10 Å². The van der Waals surface area contributed by atoms with Crippen molar-refractivity contribution in [2.24, 2.45) is 0 Å². The van der Waals surface area contributed by atoms with Crippen LogP contribution in [-0.2, 0) is 11.3 Å². The summed E-state index contributed by atoms with van der Waals surface area (Å²) in [5.74, 6) is 0.892. The van der Waals surface area contributed by atoms with E-state index in [9.17, 15) is 0 Å². The van der Waals surface area contributed by atoms with E-state index in [2.05, 4.69) is 54.4 Å². The molecule has 1 N–H and O–H groups in total. The minimum absolute atomic E-state index is 0.0274. The van der Waals surface area contributed by atoms with Crippen LogP contribution in [0.4, 0.5) is 0 Å². The molecule has 0 saturated heterocycles. The van der Waals surface area contributed by atoms with Crippen molar-refractivity contribution in [2.75, 3.05) is 0 Å². The summed E-state index contributed by atoms with van der Waals surface area (Å²) < 4.78 is 6.26. The predicted molar refractivity (Wildman–Crippen MR) is 106 cm³/mol. The Labute approximate surface area is 153 Å². The van der Waals surface area contributed by atoms with Crippen LogP contribution in [0.5, 0.6) is 0 Å². The number of benzene rings is 3. The molecular formula is C23H22N2O. The third-order valence-electron chi connectivity index (χ3n) is 4.62. The van der Waals surface area contributed by atoms with Crippen LogP contribution < -0.4 is 0 Å². The van der Waals surface area contributed by atoms with Gasteiger partial charge in [0.2, 0.25) is 0 Å². The van der Waals surface area contributed by atoms with E-state index in [4.69, 9.17) is 9.72 Å². The lowest BCUT2D eigenvalue weighted by molar-refractivity contribution is 0.0375.